The molecule has 0 heterocycles. The highest BCUT2D eigenvalue weighted by atomic mass is 16.6. The summed E-state index contributed by atoms with van der Waals surface area (Å²) in [6, 6.07) is 14.8. The number of hydrogen-bond donors (Lipinski definition) is 1. The number of carbonyl (C=O) groups excluding carboxylic acids is 3. The van der Waals surface area contributed by atoms with Crippen molar-refractivity contribution in [3.05, 3.63) is 70.9 Å². The van der Waals surface area contributed by atoms with Crippen LogP contribution in [0.2, 0.25) is 0 Å². The van der Waals surface area contributed by atoms with Crippen molar-refractivity contribution in [1.82, 2.24) is 5.32 Å². The summed E-state index contributed by atoms with van der Waals surface area (Å²) >= 11 is 0. The number of esters is 2. The normalized spacial score (nSPS) is 11.4. The van der Waals surface area contributed by atoms with Crippen molar-refractivity contribution >= 4 is 24.1 Å². The number of ether oxygens (including phenoxy) is 4. The van der Waals surface area contributed by atoms with Gasteiger partial charge in [0.1, 0.15) is 30.3 Å². The number of hydrogen-bond acceptors (Lipinski definition) is 7. The number of nitrogens with one attached hydrogen (secondary N) is 1. The Labute approximate surface area is 193 Å². The second kappa shape index (κ2) is 11.7. The molecule has 0 fully saturated rings. The lowest BCUT2D eigenvalue weighted by molar-refractivity contribution is -0.142. The average Bonchev–Trinajstić information content (AvgIpc) is 2.75. The van der Waals surface area contributed by atoms with Gasteiger partial charge in [0.25, 0.3) is 0 Å². The molecule has 0 unspecified atom stereocenters. The topological polar surface area (TPSA) is 100 Å². The van der Waals surface area contributed by atoms with Gasteiger partial charge in [-0.2, -0.15) is 0 Å². The number of methoxy groups -OCH3 is 1. The molecular weight excluding hydrogens is 426 g/mol. The van der Waals surface area contributed by atoms with Gasteiger partial charge in [0.15, 0.2) is 0 Å². The maximum atomic E-state index is 12.3. The van der Waals surface area contributed by atoms with E-state index < -0.39 is 23.6 Å². The smallest absolute Gasteiger partial charge is 0.412 e. The van der Waals surface area contributed by atoms with Crippen molar-refractivity contribution in [2.75, 3.05) is 7.11 Å². The van der Waals surface area contributed by atoms with E-state index in [2.05, 4.69) is 5.32 Å². The fourth-order valence-corrected chi connectivity index (χ4v) is 2.68. The van der Waals surface area contributed by atoms with Gasteiger partial charge in [-0.1, -0.05) is 36.4 Å². The van der Waals surface area contributed by atoms with Crippen LogP contribution in [0.4, 0.5) is 4.79 Å². The van der Waals surface area contributed by atoms with Gasteiger partial charge in [-0.3, -0.25) is 10.1 Å². The Morgan fingerprint density at radius 2 is 1.70 bits per heavy atom. The van der Waals surface area contributed by atoms with E-state index in [0.29, 0.717) is 23.5 Å². The molecule has 33 heavy (non-hydrogen) atoms. The molecule has 2 rings (SSSR count). The highest BCUT2D eigenvalue weighted by Crippen LogP contribution is 2.22. The standard InChI is InChI=1S/C25H29NO7/c1-17(27)31-16-20-13-21(32-15-18-9-7-6-8-10-18)12-11-19(20)14-22(23(28)30-5)26-24(29)33-25(2,3)4/h6-14H,15-16H2,1-5H3,(H,26,29). The molecule has 0 radical (unpaired) electrons. The predicted molar refractivity (Wildman–Crippen MR) is 122 cm³/mol. The third kappa shape index (κ3) is 9.06. The van der Waals surface area contributed by atoms with Crippen molar-refractivity contribution in [2.45, 2.75) is 46.5 Å². The molecule has 0 aromatic heterocycles. The third-order valence-corrected chi connectivity index (χ3v) is 4.13. The quantitative estimate of drug-likeness (QED) is 0.358. The van der Waals surface area contributed by atoms with Gasteiger partial charge in [-0.05, 0) is 50.1 Å². The summed E-state index contributed by atoms with van der Waals surface area (Å²) in [5.74, 6) is -0.665. The maximum Gasteiger partial charge on any atom is 0.412 e. The molecule has 1 amide bonds. The minimum atomic E-state index is -0.802. The zero-order chi connectivity index (χ0) is 24.4. The molecule has 0 aliphatic rings. The second-order valence-electron chi connectivity index (χ2n) is 8.09. The fraction of sp³-hybridized carbons (Fsp3) is 0.320. The Kier molecular flexibility index (Phi) is 9.03. The third-order valence-electron chi connectivity index (χ3n) is 4.13. The lowest BCUT2D eigenvalue weighted by Crippen LogP contribution is -2.34. The van der Waals surface area contributed by atoms with E-state index in [1.807, 2.05) is 30.3 Å². The molecule has 0 aliphatic carbocycles. The summed E-state index contributed by atoms with van der Waals surface area (Å²) in [5, 5.41) is 2.41. The van der Waals surface area contributed by atoms with Gasteiger partial charge in [0.2, 0.25) is 0 Å². The molecule has 2 aromatic carbocycles. The summed E-state index contributed by atoms with van der Waals surface area (Å²) in [4.78, 5) is 35.8. The van der Waals surface area contributed by atoms with Crippen molar-refractivity contribution in [3.63, 3.8) is 0 Å². The van der Waals surface area contributed by atoms with Gasteiger partial charge >= 0.3 is 18.0 Å². The second-order valence-corrected chi connectivity index (χ2v) is 8.09. The monoisotopic (exact) mass is 455 g/mol. The number of alkyl carbamates (subject to hydrolysis) is 1. The van der Waals surface area contributed by atoms with Gasteiger partial charge in [-0.15, -0.1) is 0 Å². The van der Waals surface area contributed by atoms with E-state index in [1.54, 1.807) is 39.0 Å². The first-order valence-corrected chi connectivity index (χ1v) is 10.3. The summed E-state index contributed by atoms with van der Waals surface area (Å²) in [6.07, 6.45) is 0.624. The highest BCUT2D eigenvalue weighted by Gasteiger charge is 2.20. The Morgan fingerprint density at radius 3 is 2.30 bits per heavy atom. The van der Waals surface area contributed by atoms with Crippen LogP contribution in [-0.2, 0) is 37.0 Å². The predicted octanol–water partition coefficient (Wildman–Crippen LogP) is 4.37. The van der Waals surface area contributed by atoms with E-state index in [9.17, 15) is 14.4 Å². The van der Waals surface area contributed by atoms with Gasteiger partial charge in [-0.25, -0.2) is 9.59 Å². The van der Waals surface area contributed by atoms with Crippen molar-refractivity contribution in [1.29, 1.82) is 0 Å². The molecule has 2 aromatic rings. The minimum Gasteiger partial charge on any atom is -0.489 e. The van der Waals surface area contributed by atoms with Crippen LogP contribution in [0.1, 0.15) is 44.4 Å². The van der Waals surface area contributed by atoms with Crippen LogP contribution in [0.25, 0.3) is 6.08 Å². The van der Waals surface area contributed by atoms with Crippen LogP contribution in [0.15, 0.2) is 54.2 Å². The number of rotatable bonds is 8. The molecular formula is C25H29NO7. The highest BCUT2D eigenvalue weighted by molar-refractivity contribution is 5.97. The minimum absolute atomic E-state index is 0.0510. The van der Waals surface area contributed by atoms with Crippen LogP contribution < -0.4 is 10.1 Å². The average molecular weight is 456 g/mol. The zero-order valence-electron chi connectivity index (χ0n) is 19.5. The zero-order valence-corrected chi connectivity index (χ0v) is 19.5. The van der Waals surface area contributed by atoms with Crippen molar-refractivity contribution in [3.8, 4) is 5.75 Å². The molecule has 0 atom stereocenters. The van der Waals surface area contributed by atoms with Crippen LogP contribution >= 0.6 is 0 Å². The van der Waals surface area contributed by atoms with E-state index in [1.165, 1.54) is 20.1 Å². The van der Waals surface area contributed by atoms with E-state index >= 15 is 0 Å². The molecule has 0 saturated carbocycles. The first kappa shape index (κ1) is 25.5. The molecule has 176 valence electrons. The van der Waals surface area contributed by atoms with Crippen molar-refractivity contribution < 1.29 is 33.3 Å². The lowest BCUT2D eigenvalue weighted by Gasteiger charge is -2.20. The Balaban J connectivity index is 2.32. The van der Waals surface area contributed by atoms with E-state index in [4.69, 9.17) is 18.9 Å². The molecule has 0 saturated heterocycles. The lowest BCUT2D eigenvalue weighted by atomic mass is 10.1. The number of carbonyl (C=O) groups is 3. The molecule has 0 bridgehead atoms. The Hall–Kier alpha value is -3.81. The molecule has 8 heteroatoms. The van der Waals surface area contributed by atoms with Gasteiger partial charge < -0.3 is 18.9 Å². The molecule has 1 N–H and O–H groups in total. The van der Waals surface area contributed by atoms with Crippen molar-refractivity contribution in [2.24, 2.45) is 0 Å². The van der Waals surface area contributed by atoms with Crippen LogP contribution in [0.5, 0.6) is 5.75 Å². The number of benzene rings is 2. The van der Waals surface area contributed by atoms with Crippen LogP contribution in [0.3, 0.4) is 0 Å². The SMILES string of the molecule is COC(=O)C(=Cc1ccc(OCc2ccccc2)cc1COC(C)=O)NC(=O)OC(C)(C)C. The van der Waals surface area contributed by atoms with Gasteiger partial charge in [0, 0.05) is 12.5 Å². The molecule has 0 spiro atoms. The Bertz CT molecular complexity index is 1010. The molecule has 8 nitrogen and oxygen atoms in total. The Morgan fingerprint density at radius 1 is 1.00 bits per heavy atom. The van der Waals surface area contributed by atoms with Gasteiger partial charge in [0.05, 0.1) is 7.11 Å². The fourth-order valence-electron chi connectivity index (χ4n) is 2.68. The first-order valence-electron chi connectivity index (χ1n) is 10.3. The van der Waals surface area contributed by atoms with E-state index in [0.717, 1.165) is 5.56 Å². The number of amides is 1. The van der Waals surface area contributed by atoms with Crippen LogP contribution in [-0.4, -0.2) is 30.7 Å². The molecule has 0 aliphatic heterocycles. The largest absolute Gasteiger partial charge is 0.489 e. The first-order chi connectivity index (χ1) is 15.6. The summed E-state index contributed by atoms with van der Waals surface area (Å²) in [5.41, 5.74) is 1.22. The summed E-state index contributed by atoms with van der Waals surface area (Å²) in [7, 11) is 1.20. The maximum absolute atomic E-state index is 12.3. The van der Waals surface area contributed by atoms with E-state index in [-0.39, 0.29) is 12.3 Å². The van der Waals surface area contributed by atoms with Crippen LogP contribution in [0, 0.1) is 0 Å². The summed E-state index contributed by atoms with van der Waals surface area (Å²) in [6.45, 7) is 6.73. The summed E-state index contributed by atoms with van der Waals surface area (Å²) < 4.78 is 21.0.